The summed E-state index contributed by atoms with van der Waals surface area (Å²) in [6.45, 7) is 4.01. The summed E-state index contributed by atoms with van der Waals surface area (Å²) in [7, 11) is 0. The van der Waals surface area contributed by atoms with Crippen molar-refractivity contribution in [3.05, 3.63) is 58.1 Å². The fourth-order valence-corrected chi connectivity index (χ4v) is 2.25. The van der Waals surface area contributed by atoms with Crippen LogP contribution < -0.4 is 10.5 Å². The highest BCUT2D eigenvalue weighted by atomic mass is 79.9. The second-order valence-electron chi connectivity index (χ2n) is 4.40. The van der Waals surface area contributed by atoms with Crippen LogP contribution in [0.25, 0.3) is 0 Å². The van der Waals surface area contributed by atoms with Gasteiger partial charge in [-0.3, -0.25) is 0 Å². The van der Waals surface area contributed by atoms with Crippen molar-refractivity contribution < 1.29 is 4.74 Å². The Labute approximate surface area is 116 Å². The molecule has 0 saturated carbocycles. The summed E-state index contributed by atoms with van der Waals surface area (Å²) in [6.07, 6.45) is 0. The van der Waals surface area contributed by atoms with Crippen LogP contribution in [0.5, 0.6) is 11.5 Å². The highest BCUT2D eigenvalue weighted by Crippen LogP contribution is 2.31. The predicted molar refractivity (Wildman–Crippen MR) is 78.0 cm³/mol. The Bertz CT molecular complexity index is 552. The molecule has 0 aliphatic carbocycles. The van der Waals surface area contributed by atoms with Gasteiger partial charge in [0.1, 0.15) is 11.5 Å². The van der Waals surface area contributed by atoms with Gasteiger partial charge in [0.15, 0.2) is 0 Å². The van der Waals surface area contributed by atoms with Gasteiger partial charge in [-0.25, -0.2) is 0 Å². The Morgan fingerprint density at radius 2 is 1.94 bits per heavy atom. The first kappa shape index (κ1) is 13.1. The molecule has 0 saturated heterocycles. The summed E-state index contributed by atoms with van der Waals surface area (Å²) in [5.74, 6) is 1.61. The van der Waals surface area contributed by atoms with Crippen LogP contribution in [-0.4, -0.2) is 0 Å². The molecule has 0 bridgehead atoms. The molecule has 2 N–H and O–H groups in total. The van der Waals surface area contributed by atoms with Crippen molar-refractivity contribution >= 4 is 15.9 Å². The van der Waals surface area contributed by atoms with E-state index < -0.39 is 0 Å². The molecule has 0 aliphatic rings. The summed E-state index contributed by atoms with van der Waals surface area (Å²) < 4.78 is 6.81. The van der Waals surface area contributed by atoms with Crippen LogP contribution >= 0.6 is 15.9 Å². The first-order valence-electron chi connectivity index (χ1n) is 5.86. The van der Waals surface area contributed by atoms with Crippen LogP contribution in [0.15, 0.2) is 46.9 Å². The molecular weight excluding hydrogens is 290 g/mol. The van der Waals surface area contributed by atoms with E-state index >= 15 is 0 Å². The fourth-order valence-electron chi connectivity index (χ4n) is 1.68. The van der Waals surface area contributed by atoms with Crippen LogP contribution in [0.4, 0.5) is 0 Å². The molecule has 0 fully saturated rings. The van der Waals surface area contributed by atoms with Crippen molar-refractivity contribution in [3.8, 4) is 11.5 Å². The van der Waals surface area contributed by atoms with E-state index in [1.165, 1.54) is 5.56 Å². The van der Waals surface area contributed by atoms with E-state index in [9.17, 15) is 0 Å². The van der Waals surface area contributed by atoms with Gasteiger partial charge in [0.25, 0.3) is 0 Å². The molecule has 18 heavy (non-hydrogen) atoms. The van der Waals surface area contributed by atoms with E-state index in [2.05, 4.69) is 15.9 Å². The van der Waals surface area contributed by atoms with Gasteiger partial charge in [0, 0.05) is 6.04 Å². The summed E-state index contributed by atoms with van der Waals surface area (Å²) in [4.78, 5) is 0. The molecule has 3 heteroatoms. The molecule has 0 aromatic heterocycles. The van der Waals surface area contributed by atoms with Crippen LogP contribution in [0.2, 0.25) is 0 Å². The maximum absolute atomic E-state index is 5.86. The van der Waals surface area contributed by atoms with Crippen LogP contribution in [0.3, 0.4) is 0 Å². The maximum Gasteiger partial charge on any atom is 0.141 e. The van der Waals surface area contributed by atoms with E-state index in [0.717, 1.165) is 21.5 Å². The van der Waals surface area contributed by atoms with Crippen LogP contribution in [-0.2, 0) is 0 Å². The molecule has 1 unspecified atom stereocenters. The molecule has 2 aromatic rings. The van der Waals surface area contributed by atoms with Crippen molar-refractivity contribution in [3.63, 3.8) is 0 Å². The summed E-state index contributed by atoms with van der Waals surface area (Å²) in [5.41, 5.74) is 8.12. The maximum atomic E-state index is 5.86. The first-order chi connectivity index (χ1) is 8.56. The molecule has 0 heterocycles. The standard InChI is InChI=1S/C15H16BrNO/c1-10-6-7-15(14(16)8-10)18-13-5-3-4-12(9-13)11(2)17/h3-9,11H,17H2,1-2H3. The number of benzene rings is 2. The molecule has 2 nitrogen and oxygen atoms in total. The lowest BCUT2D eigenvalue weighted by Gasteiger charge is -2.11. The predicted octanol–water partition coefficient (Wildman–Crippen LogP) is 4.57. The molecule has 1 atom stereocenters. The minimum Gasteiger partial charge on any atom is -0.456 e. The Morgan fingerprint density at radius 1 is 1.17 bits per heavy atom. The first-order valence-corrected chi connectivity index (χ1v) is 6.65. The number of aryl methyl sites for hydroxylation is 1. The number of halogens is 1. The van der Waals surface area contributed by atoms with Crippen LogP contribution in [0, 0.1) is 6.92 Å². The topological polar surface area (TPSA) is 35.2 Å². The smallest absolute Gasteiger partial charge is 0.141 e. The third-order valence-corrected chi connectivity index (χ3v) is 3.32. The van der Waals surface area contributed by atoms with E-state index in [1.807, 2.05) is 56.3 Å². The normalized spacial score (nSPS) is 12.2. The number of hydrogen-bond donors (Lipinski definition) is 1. The van der Waals surface area contributed by atoms with Gasteiger partial charge in [-0.2, -0.15) is 0 Å². The van der Waals surface area contributed by atoms with E-state index in [0.29, 0.717) is 0 Å². The number of rotatable bonds is 3. The van der Waals surface area contributed by atoms with E-state index in [4.69, 9.17) is 10.5 Å². The lowest BCUT2D eigenvalue weighted by molar-refractivity contribution is 0.478. The van der Waals surface area contributed by atoms with Gasteiger partial charge in [-0.05, 0) is 65.2 Å². The molecule has 0 aliphatic heterocycles. The minimum absolute atomic E-state index is 0.00927. The van der Waals surface area contributed by atoms with Crippen molar-refractivity contribution in [2.24, 2.45) is 5.73 Å². The lowest BCUT2D eigenvalue weighted by atomic mass is 10.1. The molecule has 2 rings (SSSR count). The van der Waals surface area contributed by atoms with Crippen molar-refractivity contribution in [1.82, 2.24) is 0 Å². The molecule has 0 radical (unpaired) electrons. The number of nitrogens with two attached hydrogens (primary N) is 1. The Morgan fingerprint density at radius 3 is 2.61 bits per heavy atom. The quantitative estimate of drug-likeness (QED) is 0.901. The molecular formula is C15H16BrNO. The number of hydrogen-bond acceptors (Lipinski definition) is 2. The van der Waals surface area contributed by atoms with E-state index in [-0.39, 0.29) is 6.04 Å². The van der Waals surface area contributed by atoms with Crippen molar-refractivity contribution in [2.45, 2.75) is 19.9 Å². The third kappa shape index (κ3) is 3.12. The minimum atomic E-state index is 0.00927. The van der Waals surface area contributed by atoms with Crippen molar-refractivity contribution in [1.29, 1.82) is 0 Å². The Hall–Kier alpha value is -1.32. The molecule has 2 aromatic carbocycles. The van der Waals surface area contributed by atoms with Gasteiger partial charge in [-0.1, -0.05) is 18.2 Å². The lowest BCUT2D eigenvalue weighted by Crippen LogP contribution is -2.04. The van der Waals surface area contributed by atoms with Gasteiger partial charge in [0.05, 0.1) is 4.47 Å². The third-order valence-electron chi connectivity index (χ3n) is 2.70. The Kier molecular flexibility index (Phi) is 4.04. The summed E-state index contributed by atoms with van der Waals surface area (Å²) >= 11 is 3.50. The van der Waals surface area contributed by atoms with Crippen LogP contribution in [0.1, 0.15) is 24.1 Å². The van der Waals surface area contributed by atoms with E-state index in [1.54, 1.807) is 0 Å². The zero-order valence-corrected chi connectivity index (χ0v) is 12.1. The average Bonchev–Trinajstić information content (AvgIpc) is 2.33. The van der Waals surface area contributed by atoms with Gasteiger partial charge in [0.2, 0.25) is 0 Å². The highest BCUT2D eigenvalue weighted by Gasteiger charge is 2.05. The molecule has 94 valence electrons. The Balaban J connectivity index is 2.25. The van der Waals surface area contributed by atoms with Gasteiger partial charge >= 0.3 is 0 Å². The second kappa shape index (κ2) is 5.55. The monoisotopic (exact) mass is 305 g/mol. The molecule has 0 spiro atoms. The highest BCUT2D eigenvalue weighted by molar-refractivity contribution is 9.10. The second-order valence-corrected chi connectivity index (χ2v) is 5.25. The number of ether oxygens (including phenoxy) is 1. The van der Waals surface area contributed by atoms with Gasteiger partial charge < -0.3 is 10.5 Å². The largest absolute Gasteiger partial charge is 0.456 e. The molecule has 0 amide bonds. The summed E-state index contributed by atoms with van der Waals surface area (Å²) in [5, 5.41) is 0. The fraction of sp³-hybridized carbons (Fsp3) is 0.200. The SMILES string of the molecule is Cc1ccc(Oc2cccc(C(C)N)c2)c(Br)c1. The zero-order valence-electron chi connectivity index (χ0n) is 10.5. The van der Waals surface area contributed by atoms with Crippen molar-refractivity contribution in [2.75, 3.05) is 0 Å². The average molecular weight is 306 g/mol. The summed E-state index contributed by atoms with van der Waals surface area (Å²) in [6, 6.07) is 13.9. The zero-order chi connectivity index (χ0) is 13.1. The van der Waals surface area contributed by atoms with Gasteiger partial charge in [-0.15, -0.1) is 0 Å².